The number of ether oxygens (including phenoxy) is 1. The highest BCUT2D eigenvalue weighted by Gasteiger charge is 2.12. The van der Waals surface area contributed by atoms with Crippen molar-refractivity contribution in [2.75, 3.05) is 13.7 Å². The lowest BCUT2D eigenvalue weighted by Crippen LogP contribution is -2.31. The van der Waals surface area contributed by atoms with E-state index in [1.54, 1.807) is 24.3 Å². The molecule has 1 aromatic carbocycles. The van der Waals surface area contributed by atoms with Crippen molar-refractivity contribution < 1.29 is 9.53 Å². The predicted molar refractivity (Wildman–Crippen MR) is 82.1 cm³/mol. The van der Waals surface area contributed by atoms with Crippen LogP contribution < -0.4 is 4.74 Å². The smallest absolute Gasteiger partial charge is 0.260 e. The summed E-state index contributed by atoms with van der Waals surface area (Å²) in [5.74, 6) is 0.738. The number of benzene rings is 1. The number of rotatable bonds is 5. The average Bonchev–Trinajstić information content (AvgIpc) is 2.47. The van der Waals surface area contributed by atoms with Gasteiger partial charge in [-0.15, -0.1) is 0 Å². The Morgan fingerprint density at radius 2 is 1.90 bits per heavy atom. The summed E-state index contributed by atoms with van der Waals surface area (Å²) in [6, 6.07) is 9.75. The molecule has 2 rings (SSSR count). The predicted octanol–water partition coefficient (Wildman–Crippen LogP) is 2.74. The molecule has 0 saturated carbocycles. The quantitative estimate of drug-likeness (QED) is 0.848. The number of amides is 1. The third kappa shape index (κ3) is 4.05. The monoisotopic (exact) mass is 284 g/mol. The van der Waals surface area contributed by atoms with E-state index in [9.17, 15) is 4.79 Å². The number of para-hydroxylation sites is 1. The SMILES string of the molecule is Cc1cccc(C)c1OCC(=O)N(C)Cc1cccnc1. The Bertz CT molecular complexity index is 591. The second-order valence-electron chi connectivity index (χ2n) is 5.12. The van der Waals surface area contributed by atoms with Crippen molar-refractivity contribution in [2.45, 2.75) is 20.4 Å². The molecule has 21 heavy (non-hydrogen) atoms. The van der Waals surface area contributed by atoms with Crippen LogP contribution in [0.4, 0.5) is 0 Å². The summed E-state index contributed by atoms with van der Waals surface area (Å²) < 4.78 is 5.68. The zero-order valence-electron chi connectivity index (χ0n) is 12.7. The summed E-state index contributed by atoms with van der Waals surface area (Å²) in [6.45, 7) is 4.53. The molecule has 110 valence electrons. The van der Waals surface area contributed by atoms with Crippen molar-refractivity contribution in [3.63, 3.8) is 0 Å². The molecule has 1 amide bonds. The molecule has 0 saturated heterocycles. The molecule has 0 atom stereocenters. The minimum Gasteiger partial charge on any atom is -0.483 e. The van der Waals surface area contributed by atoms with Gasteiger partial charge in [0.2, 0.25) is 0 Å². The Hall–Kier alpha value is -2.36. The van der Waals surface area contributed by atoms with Crippen LogP contribution in [-0.4, -0.2) is 29.4 Å². The van der Waals surface area contributed by atoms with E-state index in [-0.39, 0.29) is 12.5 Å². The van der Waals surface area contributed by atoms with Crippen LogP contribution >= 0.6 is 0 Å². The largest absolute Gasteiger partial charge is 0.483 e. The number of carbonyl (C=O) groups is 1. The molecule has 4 heteroatoms. The highest BCUT2D eigenvalue weighted by atomic mass is 16.5. The van der Waals surface area contributed by atoms with E-state index in [2.05, 4.69) is 4.98 Å². The molecular formula is C17H20N2O2. The van der Waals surface area contributed by atoms with E-state index in [0.29, 0.717) is 6.54 Å². The first-order valence-electron chi connectivity index (χ1n) is 6.90. The maximum absolute atomic E-state index is 12.1. The number of hydrogen-bond acceptors (Lipinski definition) is 3. The van der Waals surface area contributed by atoms with Crippen molar-refractivity contribution in [1.29, 1.82) is 0 Å². The molecule has 0 unspecified atom stereocenters. The van der Waals surface area contributed by atoms with E-state index in [0.717, 1.165) is 22.4 Å². The molecule has 0 aliphatic rings. The maximum Gasteiger partial charge on any atom is 0.260 e. The second kappa shape index (κ2) is 6.88. The Kier molecular flexibility index (Phi) is 4.93. The van der Waals surface area contributed by atoms with Crippen LogP contribution in [0.2, 0.25) is 0 Å². The molecule has 0 spiro atoms. The van der Waals surface area contributed by atoms with Crippen molar-refractivity contribution in [3.05, 3.63) is 59.4 Å². The van der Waals surface area contributed by atoms with Gasteiger partial charge in [-0.1, -0.05) is 24.3 Å². The first-order valence-corrected chi connectivity index (χ1v) is 6.90. The number of hydrogen-bond donors (Lipinski definition) is 0. The number of aryl methyl sites for hydroxylation is 2. The molecule has 0 fully saturated rings. The van der Waals surface area contributed by atoms with E-state index < -0.39 is 0 Å². The van der Waals surface area contributed by atoms with Gasteiger partial charge < -0.3 is 9.64 Å². The van der Waals surface area contributed by atoms with Gasteiger partial charge in [-0.2, -0.15) is 0 Å². The van der Waals surface area contributed by atoms with Crippen LogP contribution in [-0.2, 0) is 11.3 Å². The van der Waals surface area contributed by atoms with Gasteiger partial charge in [-0.25, -0.2) is 0 Å². The molecule has 0 bridgehead atoms. The zero-order valence-corrected chi connectivity index (χ0v) is 12.7. The van der Waals surface area contributed by atoms with Crippen molar-refractivity contribution in [1.82, 2.24) is 9.88 Å². The van der Waals surface area contributed by atoms with Gasteiger partial charge in [0.15, 0.2) is 6.61 Å². The van der Waals surface area contributed by atoms with Crippen LogP contribution in [0.1, 0.15) is 16.7 Å². The lowest BCUT2D eigenvalue weighted by atomic mass is 10.1. The number of likely N-dealkylation sites (N-methyl/N-ethyl adjacent to an activating group) is 1. The zero-order chi connectivity index (χ0) is 15.2. The lowest BCUT2D eigenvalue weighted by Gasteiger charge is -2.18. The molecule has 0 radical (unpaired) electrons. The second-order valence-corrected chi connectivity index (χ2v) is 5.12. The first-order chi connectivity index (χ1) is 10.1. The molecule has 0 aliphatic heterocycles. The summed E-state index contributed by atoms with van der Waals surface area (Å²) in [6.07, 6.45) is 3.48. The van der Waals surface area contributed by atoms with Gasteiger partial charge in [0, 0.05) is 26.0 Å². The van der Waals surface area contributed by atoms with Crippen LogP contribution in [0, 0.1) is 13.8 Å². The summed E-state index contributed by atoms with van der Waals surface area (Å²) >= 11 is 0. The third-order valence-corrected chi connectivity index (χ3v) is 3.32. The lowest BCUT2D eigenvalue weighted by molar-refractivity contribution is -0.132. The van der Waals surface area contributed by atoms with Gasteiger partial charge in [0.25, 0.3) is 5.91 Å². The van der Waals surface area contributed by atoms with Gasteiger partial charge >= 0.3 is 0 Å². The Morgan fingerprint density at radius 3 is 2.52 bits per heavy atom. The van der Waals surface area contributed by atoms with Crippen molar-refractivity contribution >= 4 is 5.91 Å². The molecule has 2 aromatic rings. The topological polar surface area (TPSA) is 42.4 Å². The van der Waals surface area contributed by atoms with E-state index in [1.807, 2.05) is 44.2 Å². The van der Waals surface area contributed by atoms with Crippen molar-refractivity contribution in [3.8, 4) is 5.75 Å². The van der Waals surface area contributed by atoms with Crippen LogP contribution in [0.5, 0.6) is 5.75 Å². The standard InChI is InChI=1S/C17H20N2O2/c1-13-6-4-7-14(2)17(13)21-12-16(20)19(3)11-15-8-5-9-18-10-15/h4-10H,11-12H2,1-3H3. The molecular weight excluding hydrogens is 264 g/mol. The summed E-state index contributed by atoms with van der Waals surface area (Å²) in [7, 11) is 1.77. The fourth-order valence-electron chi connectivity index (χ4n) is 2.12. The summed E-state index contributed by atoms with van der Waals surface area (Å²) in [5.41, 5.74) is 3.08. The van der Waals surface area contributed by atoms with Crippen molar-refractivity contribution in [2.24, 2.45) is 0 Å². The Balaban J connectivity index is 1.92. The number of carbonyl (C=O) groups excluding carboxylic acids is 1. The van der Waals surface area contributed by atoms with Gasteiger partial charge in [-0.3, -0.25) is 9.78 Å². The van der Waals surface area contributed by atoms with E-state index in [1.165, 1.54) is 0 Å². The molecule has 0 aliphatic carbocycles. The molecule has 0 N–H and O–H groups in total. The highest BCUT2D eigenvalue weighted by molar-refractivity contribution is 5.77. The minimum absolute atomic E-state index is 0.0441. The van der Waals surface area contributed by atoms with Gasteiger partial charge in [0.05, 0.1) is 0 Å². The first kappa shape index (κ1) is 15.0. The van der Waals surface area contributed by atoms with Crippen LogP contribution in [0.3, 0.4) is 0 Å². The van der Waals surface area contributed by atoms with Crippen LogP contribution in [0.25, 0.3) is 0 Å². The van der Waals surface area contributed by atoms with E-state index >= 15 is 0 Å². The normalized spacial score (nSPS) is 10.2. The maximum atomic E-state index is 12.1. The third-order valence-electron chi connectivity index (χ3n) is 3.32. The number of pyridine rings is 1. The minimum atomic E-state index is -0.0542. The Labute approximate surface area is 125 Å². The summed E-state index contributed by atoms with van der Waals surface area (Å²) in [4.78, 5) is 17.8. The average molecular weight is 284 g/mol. The van der Waals surface area contributed by atoms with Gasteiger partial charge in [-0.05, 0) is 36.6 Å². The number of aromatic nitrogens is 1. The van der Waals surface area contributed by atoms with E-state index in [4.69, 9.17) is 4.74 Å². The highest BCUT2D eigenvalue weighted by Crippen LogP contribution is 2.22. The molecule has 4 nitrogen and oxygen atoms in total. The molecule has 1 aromatic heterocycles. The molecule has 1 heterocycles. The van der Waals surface area contributed by atoms with Crippen LogP contribution in [0.15, 0.2) is 42.7 Å². The Morgan fingerprint density at radius 1 is 1.19 bits per heavy atom. The fraction of sp³-hybridized carbons (Fsp3) is 0.294. The fourth-order valence-corrected chi connectivity index (χ4v) is 2.12. The summed E-state index contributed by atoms with van der Waals surface area (Å²) in [5, 5.41) is 0. The number of nitrogens with zero attached hydrogens (tertiary/aromatic N) is 2. The van der Waals surface area contributed by atoms with Gasteiger partial charge in [0.1, 0.15) is 5.75 Å².